The van der Waals surface area contributed by atoms with Gasteiger partial charge < -0.3 is 9.64 Å². The summed E-state index contributed by atoms with van der Waals surface area (Å²) in [5, 5.41) is 0.962. The standard InChI is InChI=1S/C13H20N2O2S/c1-8(2)7-15(10-5-6-10)13-14-11(9(3)18-13)12(16)17-4/h8,10H,5-7H2,1-4H3. The number of methoxy groups -OCH3 is 1. The summed E-state index contributed by atoms with van der Waals surface area (Å²) in [4.78, 5) is 19.3. The normalized spacial score (nSPS) is 14.9. The van der Waals surface area contributed by atoms with Crippen molar-refractivity contribution < 1.29 is 9.53 Å². The largest absolute Gasteiger partial charge is 0.464 e. The van der Waals surface area contributed by atoms with E-state index in [2.05, 4.69) is 23.7 Å². The van der Waals surface area contributed by atoms with E-state index < -0.39 is 0 Å². The minimum absolute atomic E-state index is 0.338. The van der Waals surface area contributed by atoms with E-state index in [0.717, 1.165) is 16.6 Å². The van der Waals surface area contributed by atoms with E-state index >= 15 is 0 Å². The fourth-order valence-corrected chi connectivity index (χ4v) is 2.93. The minimum atomic E-state index is -0.338. The second-order valence-electron chi connectivity index (χ2n) is 5.17. The summed E-state index contributed by atoms with van der Waals surface area (Å²) < 4.78 is 4.75. The van der Waals surface area contributed by atoms with E-state index in [4.69, 9.17) is 4.74 Å². The topological polar surface area (TPSA) is 42.4 Å². The van der Waals surface area contributed by atoms with E-state index in [-0.39, 0.29) is 5.97 Å². The molecule has 5 heteroatoms. The summed E-state index contributed by atoms with van der Waals surface area (Å²) in [6.45, 7) is 7.33. The Morgan fingerprint density at radius 3 is 2.72 bits per heavy atom. The van der Waals surface area contributed by atoms with Gasteiger partial charge in [-0.05, 0) is 25.7 Å². The molecule has 1 heterocycles. The molecule has 1 fully saturated rings. The fourth-order valence-electron chi connectivity index (χ4n) is 1.95. The lowest BCUT2D eigenvalue weighted by Gasteiger charge is -2.23. The van der Waals surface area contributed by atoms with Crippen molar-refractivity contribution in [1.82, 2.24) is 4.98 Å². The van der Waals surface area contributed by atoms with Gasteiger partial charge in [0, 0.05) is 17.5 Å². The maximum atomic E-state index is 11.6. The molecule has 0 spiro atoms. The van der Waals surface area contributed by atoms with Crippen molar-refractivity contribution >= 4 is 22.4 Å². The van der Waals surface area contributed by atoms with Crippen molar-refractivity contribution in [3.63, 3.8) is 0 Å². The van der Waals surface area contributed by atoms with Gasteiger partial charge in [0.2, 0.25) is 0 Å². The van der Waals surface area contributed by atoms with Gasteiger partial charge in [-0.25, -0.2) is 9.78 Å². The molecule has 4 nitrogen and oxygen atoms in total. The van der Waals surface area contributed by atoms with Crippen LogP contribution < -0.4 is 4.90 Å². The molecule has 1 aliphatic rings. The Labute approximate surface area is 112 Å². The molecule has 1 aromatic heterocycles. The highest BCUT2D eigenvalue weighted by atomic mass is 32.1. The molecular weight excluding hydrogens is 248 g/mol. The molecule has 1 aliphatic carbocycles. The van der Waals surface area contributed by atoms with Crippen molar-refractivity contribution in [3.05, 3.63) is 10.6 Å². The maximum absolute atomic E-state index is 11.6. The molecule has 0 aliphatic heterocycles. The Hall–Kier alpha value is -1.10. The fraction of sp³-hybridized carbons (Fsp3) is 0.692. The van der Waals surface area contributed by atoms with Gasteiger partial charge in [-0.3, -0.25) is 0 Å². The number of aromatic nitrogens is 1. The molecule has 1 saturated carbocycles. The van der Waals surface area contributed by atoms with Gasteiger partial charge in [0.25, 0.3) is 0 Å². The number of anilines is 1. The number of nitrogens with zero attached hydrogens (tertiary/aromatic N) is 2. The van der Waals surface area contributed by atoms with E-state index in [1.54, 1.807) is 11.3 Å². The Morgan fingerprint density at radius 2 is 2.22 bits per heavy atom. The molecule has 1 aromatic rings. The summed E-state index contributed by atoms with van der Waals surface area (Å²) in [6.07, 6.45) is 2.47. The molecule has 18 heavy (non-hydrogen) atoms. The molecule has 0 aromatic carbocycles. The Morgan fingerprint density at radius 1 is 1.56 bits per heavy atom. The zero-order valence-corrected chi connectivity index (χ0v) is 12.2. The third kappa shape index (κ3) is 2.83. The van der Waals surface area contributed by atoms with E-state index in [1.807, 2.05) is 6.92 Å². The van der Waals surface area contributed by atoms with Crippen molar-refractivity contribution in [2.24, 2.45) is 5.92 Å². The molecule has 0 atom stereocenters. The highest BCUT2D eigenvalue weighted by molar-refractivity contribution is 7.15. The number of aryl methyl sites for hydroxylation is 1. The first-order valence-electron chi connectivity index (χ1n) is 6.35. The minimum Gasteiger partial charge on any atom is -0.464 e. The Kier molecular flexibility index (Phi) is 3.90. The first kappa shape index (κ1) is 13.3. The van der Waals surface area contributed by atoms with Crippen LogP contribution in [0.5, 0.6) is 0 Å². The van der Waals surface area contributed by atoms with Gasteiger partial charge in [-0.1, -0.05) is 13.8 Å². The summed E-state index contributed by atoms with van der Waals surface area (Å²) in [6, 6.07) is 0.614. The summed E-state index contributed by atoms with van der Waals surface area (Å²) in [5.74, 6) is 0.256. The smallest absolute Gasteiger partial charge is 0.357 e. The van der Waals surface area contributed by atoms with Crippen LogP contribution in [0, 0.1) is 12.8 Å². The van der Waals surface area contributed by atoms with E-state index in [1.165, 1.54) is 20.0 Å². The molecule has 0 unspecified atom stereocenters. The summed E-state index contributed by atoms with van der Waals surface area (Å²) in [7, 11) is 1.40. The van der Waals surface area contributed by atoms with Crippen LogP contribution in [0.2, 0.25) is 0 Å². The molecule has 0 saturated heterocycles. The summed E-state index contributed by atoms with van der Waals surface area (Å²) >= 11 is 1.59. The Bertz CT molecular complexity index is 438. The van der Waals surface area contributed by atoms with Gasteiger partial charge in [0.05, 0.1) is 7.11 Å². The molecular formula is C13H20N2O2S. The highest BCUT2D eigenvalue weighted by Crippen LogP contribution is 2.35. The van der Waals surface area contributed by atoms with Crippen LogP contribution in [0.15, 0.2) is 0 Å². The van der Waals surface area contributed by atoms with Crippen LogP contribution in [0.3, 0.4) is 0 Å². The molecule has 0 amide bonds. The lowest BCUT2D eigenvalue weighted by atomic mass is 10.2. The number of thiazole rings is 1. The van der Waals surface area contributed by atoms with E-state index in [0.29, 0.717) is 17.7 Å². The third-order valence-electron chi connectivity index (χ3n) is 2.96. The van der Waals surface area contributed by atoms with Crippen molar-refractivity contribution in [2.75, 3.05) is 18.6 Å². The van der Waals surface area contributed by atoms with Crippen LogP contribution >= 0.6 is 11.3 Å². The second kappa shape index (κ2) is 5.26. The van der Waals surface area contributed by atoms with Crippen LogP contribution in [0.4, 0.5) is 5.13 Å². The number of esters is 1. The van der Waals surface area contributed by atoms with Crippen LogP contribution in [0.25, 0.3) is 0 Å². The molecule has 0 bridgehead atoms. The zero-order valence-electron chi connectivity index (χ0n) is 11.4. The number of ether oxygens (including phenoxy) is 1. The highest BCUT2D eigenvalue weighted by Gasteiger charge is 2.32. The predicted molar refractivity (Wildman–Crippen MR) is 73.4 cm³/mol. The van der Waals surface area contributed by atoms with Crippen molar-refractivity contribution in [1.29, 1.82) is 0 Å². The average Bonchev–Trinajstić information content (AvgIpc) is 3.08. The van der Waals surface area contributed by atoms with Crippen LogP contribution in [0.1, 0.15) is 42.1 Å². The van der Waals surface area contributed by atoms with Crippen molar-refractivity contribution in [2.45, 2.75) is 39.7 Å². The lowest BCUT2D eigenvalue weighted by Crippen LogP contribution is -2.29. The number of rotatable bonds is 5. The van der Waals surface area contributed by atoms with Gasteiger partial charge in [0.15, 0.2) is 10.8 Å². The molecule has 0 N–H and O–H groups in total. The van der Waals surface area contributed by atoms with Crippen LogP contribution in [-0.4, -0.2) is 30.6 Å². The predicted octanol–water partition coefficient (Wildman–Crippen LogP) is 2.86. The molecule has 100 valence electrons. The molecule has 0 radical (unpaired) electrons. The van der Waals surface area contributed by atoms with Gasteiger partial charge in [-0.15, -0.1) is 11.3 Å². The van der Waals surface area contributed by atoms with E-state index in [9.17, 15) is 4.79 Å². The SMILES string of the molecule is COC(=O)c1nc(N(CC(C)C)C2CC2)sc1C. The quantitative estimate of drug-likeness (QED) is 0.770. The van der Waals surface area contributed by atoms with Crippen molar-refractivity contribution in [3.8, 4) is 0 Å². The first-order chi connectivity index (χ1) is 8.52. The second-order valence-corrected chi connectivity index (χ2v) is 6.35. The third-order valence-corrected chi connectivity index (χ3v) is 3.97. The monoisotopic (exact) mass is 268 g/mol. The van der Waals surface area contributed by atoms with Gasteiger partial charge >= 0.3 is 5.97 Å². The molecule has 2 rings (SSSR count). The van der Waals surface area contributed by atoms with Crippen LogP contribution in [-0.2, 0) is 4.74 Å². The number of hydrogen-bond acceptors (Lipinski definition) is 5. The number of hydrogen-bond donors (Lipinski definition) is 0. The number of carbonyl (C=O) groups excluding carboxylic acids is 1. The Balaban J connectivity index is 2.22. The van der Waals surface area contributed by atoms with Gasteiger partial charge in [-0.2, -0.15) is 0 Å². The average molecular weight is 268 g/mol. The van der Waals surface area contributed by atoms with Gasteiger partial charge in [0.1, 0.15) is 0 Å². The lowest BCUT2D eigenvalue weighted by molar-refractivity contribution is 0.0594. The first-order valence-corrected chi connectivity index (χ1v) is 7.17. The zero-order chi connectivity index (χ0) is 13.3. The number of carbonyl (C=O) groups is 1. The summed E-state index contributed by atoms with van der Waals surface area (Å²) in [5.41, 5.74) is 0.465. The maximum Gasteiger partial charge on any atom is 0.357 e.